The van der Waals surface area contributed by atoms with Gasteiger partial charge in [-0.1, -0.05) is 95.3 Å². The highest BCUT2D eigenvalue weighted by Crippen LogP contribution is 2.33. The zero-order chi connectivity index (χ0) is 24.0. The number of hydrogen-bond acceptors (Lipinski definition) is 5. The van der Waals surface area contributed by atoms with E-state index in [1.165, 1.54) is 22.5 Å². The molecule has 0 aliphatic heterocycles. The fourth-order valence-electron chi connectivity index (χ4n) is 3.86. The highest BCUT2D eigenvalue weighted by atomic mass is 32.1. The number of aromatic nitrogens is 2. The molecule has 0 atom stereocenters. The molecule has 1 aromatic heterocycles. The number of amides is 1. The highest BCUT2D eigenvalue weighted by Gasteiger charge is 2.23. The van der Waals surface area contributed by atoms with Gasteiger partial charge in [-0.2, -0.15) is 0 Å². The lowest BCUT2D eigenvalue weighted by Crippen LogP contribution is -2.19. The van der Waals surface area contributed by atoms with Crippen LogP contribution in [0.3, 0.4) is 0 Å². The quantitative estimate of drug-likeness (QED) is 0.311. The predicted octanol–water partition coefficient (Wildman–Crippen LogP) is 7.21. The number of benzene rings is 2. The highest BCUT2D eigenvalue weighted by molar-refractivity contribution is 7.19. The Balaban J connectivity index is 1.69. The van der Waals surface area contributed by atoms with Crippen LogP contribution in [0.2, 0.25) is 0 Å². The van der Waals surface area contributed by atoms with Crippen LogP contribution in [0.5, 0.6) is 0 Å². The van der Waals surface area contributed by atoms with Gasteiger partial charge in [0.15, 0.2) is 0 Å². The van der Waals surface area contributed by atoms with Crippen molar-refractivity contribution in [3.63, 3.8) is 0 Å². The molecule has 0 radical (unpaired) electrons. The normalized spacial score (nSPS) is 11.4. The van der Waals surface area contributed by atoms with Gasteiger partial charge in [-0.25, -0.2) is 0 Å². The molecular weight excluding hydrogens is 428 g/mol. The standard InChI is InChI=1S/C27H36N4OS/c1-17(2)21-15-22(18(3)4)24(23(16-21)19(5)6)25(32)29-27-31-30-26(33-27)28-14-10-13-20-11-8-7-9-12-20/h7-9,11-12,15-19H,10,13-14H2,1-6H3,(H,28,30)(H,29,31,32). The fraction of sp³-hybridized carbons (Fsp3) is 0.444. The van der Waals surface area contributed by atoms with E-state index in [4.69, 9.17) is 0 Å². The Labute approximate surface area is 202 Å². The predicted molar refractivity (Wildman–Crippen MR) is 140 cm³/mol. The van der Waals surface area contributed by atoms with Gasteiger partial charge in [-0.3, -0.25) is 10.1 Å². The van der Waals surface area contributed by atoms with E-state index in [9.17, 15) is 4.79 Å². The van der Waals surface area contributed by atoms with Gasteiger partial charge >= 0.3 is 0 Å². The molecule has 3 rings (SSSR count). The molecule has 0 spiro atoms. The molecule has 0 unspecified atom stereocenters. The van der Waals surface area contributed by atoms with Gasteiger partial charge in [0.05, 0.1) is 0 Å². The number of aryl methyl sites for hydroxylation is 1. The molecular formula is C27H36N4OS. The van der Waals surface area contributed by atoms with Crippen LogP contribution in [0, 0.1) is 0 Å². The lowest BCUT2D eigenvalue weighted by molar-refractivity contribution is 0.102. The van der Waals surface area contributed by atoms with Gasteiger partial charge in [0.1, 0.15) is 0 Å². The van der Waals surface area contributed by atoms with Gasteiger partial charge in [0.2, 0.25) is 10.3 Å². The second kappa shape index (κ2) is 11.4. The summed E-state index contributed by atoms with van der Waals surface area (Å²) in [6.07, 6.45) is 2.02. The zero-order valence-electron chi connectivity index (χ0n) is 20.6. The van der Waals surface area contributed by atoms with Crippen molar-refractivity contribution in [2.75, 3.05) is 17.2 Å². The molecule has 0 aliphatic rings. The van der Waals surface area contributed by atoms with Crippen LogP contribution in [0.25, 0.3) is 0 Å². The van der Waals surface area contributed by atoms with E-state index in [1.807, 2.05) is 6.07 Å². The van der Waals surface area contributed by atoms with E-state index < -0.39 is 0 Å². The molecule has 0 saturated heterocycles. The van der Waals surface area contributed by atoms with Crippen LogP contribution in [-0.2, 0) is 6.42 Å². The first-order valence-corrected chi connectivity index (χ1v) is 12.7. The number of carbonyl (C=O) groups is 1. The van der Waals surface area contributed by atoms with Crippen molar-refractivity contribution in [1.29, 1.82) is 0 Å². The van der Waals surface area contributed by atoms with Gasteiger partial charge in [0, 0.05) is 12.1 Å². The first kappa shape index (κ1) is 24.9. The van der Waals surface area contributed by atoms with Crippen molar-refractivity contribution in [2.24, 2.45) is 0 Å². The maximum absolute atomic E-state index is 13.4. The van der Waals surface area contributed by atoms with Crippen molar-refractivity contribution >= 4 is 27.5 Å². The Morgan fingerprint density at radius 3 is 2.06 bits per heavy atom. The third-order valence-corrected chi connectivity index (χ3v) is 6.56. The van der Waals surface area contributed by atoms with Crippen molar-refractivity contribution in [3.8, 4) is 0 Å². The van der Waals surface area contributed by atoms with Gasteiger partial charge in [0.25, 0.3) is 5.91 Å². The van der Waals surface area contributed by atoms with E-state index in [-0.39, 0.29) is 17.7 Å². The zero-order valence-corrected chi connectivity index (χ0v) is 21.4. The summed E-state index contributed by atoms with van der Waals surface area (Å²) < 4.78 is 0. The Kier molecular flexibility index (Phi) is 8.61. The Morgan fingerprint density at radius 1 is 0.879 bits per heavy atom. The lowest BCUT2D eigenvalue weighted by atomic mass is 9.84. The van der Waals surface area contributed by atoms with Crippen LogP contribution in [0.4, 0.5) is 10.3 Å². The number of carbonyl (C=O) groups excluding carboxylic acids is 1. The minimum atomic E-state index is -0.107. The van der Waals surface area contributed by atoms with Gasteiger partial charge < -0.3 is 5.32 Å². The van der Waals surface area contributed by atoms with E-state index in [2.05, 4.69) is 98.8 Å². The van der Waals surface area contributed by atoms with Crippen molar-refractivity contribution in [3.05, 3.63) is 70.3 Å². The molecule has 0 bridgehead atoms. The second-order valence-corrected chi connectivity index (χ2v) is 10.4. The summed E-state index contributed by atoms with van der Waals surface area (Å²) in [6, 6.07) is 14.8. The van der Waals surface area contributed by atoms with Crippen LogP contribution >= 0.6 is 11.3 Å². The van der Waals surface area contributed by atoms with Crippen molar-refractivity contribution in [1.82, 2.24) is 10.2 Å². The van der Waals surface area contributed by atoms with E-state index in [0.717, 1.165) is 41.2 Å². The van der Waals surface area contributed by atoms with Crippen molar-refractivity contribution in [2.45, 2.75) is 72.1 Å². The van der Waals surface area contributed by atoms with Crippen LogP contribution in [0.15, 0.2) is 42.5 Å². The Bertz CT molecular complexity index is 1030. The molecule has 2 aromatic carbocycles. The average Bonchev–Trinajstić information content (AvgIpc) is 3.23. The van der Waals surface area contributed by atoms with E-state index >= 15 is 0 Å². The van der Waals surface area contributed by atoms with E-state index in [1.54, 1.807) is 0 Å². The third kappa shape index (κ3) is 6.64. The fourth-order valence-corrected chi connectivity index (χ4v) is 4.52. The Hall–Kier alpha value is -2.73. The maximum Gasteiger partial charge on any atom is 0.258 e. The number of hydrogen-bond donors (Lipinski definition) is 2. The van der Waals surface area contributed by atoms with E-state index in [0.29, 0.717) is 11.0 Å². The van der Waals surface area contributed by atoms with Gasteiger partial charge in [-0.15, -0.1) is 10.2 Å². The van der Waals surface area contributed by atoms with Crippen LogP contribution in [0.1, 0.15) is 98.3 Å². The SMILES string of the molecule is CC(C)c1cc(C(C)C)c(C(=O)Nc2nnc(NCCCc3ccccc3)s2)c(C(C)C)c1. The molecule has 33 heavy (non-hydrogen) atoms. The number of nitrogens with zero attached hydrogens (tertiary/aromatic N) is 2. The summed E-state index contributed by atoms with van der Waals surface area (Å²) in [4.78, 5) is 13.4. The summed E-state index contributed by atoms with van der Waals surface area (Å²) >= 11 is 1.37. The first-order chi connectivity index (χ1) is 15.8. The second-order valence-electron chi connectivity index (χ2n) is 9.42. The minimum absolute atomic E-state index is 0.107. The molecule has 5 nitrogen and oxygen atoms in total. The molecule has 3 aromatic rings. The maximum atomic E-state index is 13.4. The Morgan fingerprint density at radius 2 is 1.48 bits per heavy atom. The number of nitrogens with one attached hydrogen (secondary N) is 2. The summed E-state index contributed by atoms with van der Waals surface area (Å²) in [6.45, 7) is 13.8. The summed E-state index contributed by atoms with van der Waals surface area (Å²) in [7, 11) is 0. The molecule has 176 valence electrons. The molecule has 0 aliphatic carbocycles. The molecule has 0 fully saturated rings. The number of anilines is 2. The number of rotatable bonds is 10. The monoisotopic (exact) mass is 464 g/mol. The minimum Gasteiger partial charge on any atom is -0.360 e. The third-order valence-electron chi connectivity index (χ3n) is 5.77. The average molecular weight is 465 g/mol. The van der Waals surface area contributed by atoms with Crippen LogP contribution in [-0.4, -0.2) is 22.6 Å². The largest absolute Gasteiger partial charge is 0.360 e. The van der Waals surface area contributed by atoms with Crippen LogP contribution < -0.4 is 10.6 Å². The molecule has 6 heteroatoms. The molecule has 2 N–H and O–H groups in total. The van der Waals surface area contributed by atoms with Crippen molar-refractivity contribution < 1.29 is 4.79 Å². The summed E-state index contributed by atoms with van der Waals surface area (Å²) in [5.41, 5.74) is 5.56. The molecule has 0 saturated carbocycles. The lowest BCUT2D eigenvalue weighted by Gasteiger charge is -2.22. The van der Waals surface area contributed by atoms with Gasteiger partial charge in [-0.05, 0) is 52.8 Å². The smallest absolute Gasteiger partial charge is 0.258 e. The summed E-state index contributed by atoms with van der Waals surface area (Å²) in [5, 5.41) is 16.0. The first-order valence-electron chi connectivity index (χ1n) is 11.9. The summed E-state index contributed by atoms with van der Waals surface area (Å²) in [5.74, 6) is 0.803. The topological polar surface area (TPSA) is 66.9 Å². The molecule has 1 amide bonds. The molecule has 1 heterocycles.